The summed E-state index contributed by atoms with van der Waals surface area (Å²) in [5.74, 6) is -0.524. The lowest BCUT2D eigenvalue weighted by Crippen LogP contribution is -2.41. The number of hydrogen-bond acceptors (Lipinski definition) is 4. The molecule has 1 aliphatic rings. The summed E-state index contributed by atoms with van der Waals surface area (Å²) in [7, 11) is -1.86. The molecular formula is C18H16FNO4S. The fourth-order valence-electron chi connectivity index (χ4n) is 2.68. The van der Waals surface area contributed by atoms with Crippen molar-refractivity contribution in [3.8, 4) is 5.75 Å². The summed E-state index contributed by atoms with van der Waals surface area (Å²) in [4.78, 5) is 14.4. The maximum absolute atomic E-state index is 13.2. The minimum Gasteiger partial charge on any atom is -0.497 e. The average Bonchev–Trinajstić information content (AvgIpc) is 2.96. The molecule has 0 saturated carbocycles. The molecule has 130 valence electrons. The number of carbonyl (C=O) groups excluding carboxylic acids is 1. The lowest BCUT2D eigenvalue weighted by atomic mass is 10.1. The predicted molar refractivity (Wildman–Crippen MR) is 92.9 cm³/mol. The number of halogens is 1. The summed E-state index contributed by atoms with van der Waals surface area (Å²) < 4.78 is 41.9. The Morgan fingerprint density at radius 1 is 1.20 bits per heavy atom. The number of amides is 1. The third kappa shape index (κ3) is 3.71. The van der Waals surface area contributed by atoms with Crippen molar-refractivity contribution >= 4 is 21.4 Å². The number of sulfone groups is 1. The predicted octanol–water partition coefficient (Wildman–Crippen LogP) is 2.79. The van der Waals surface area contributed by atoms with E-state index in [2.05, 4.69) is 0 Å². The minimum absolute atomic E-state index is 0.208. The van der Waals surface area contributed by atoms with Gasteiger partial charge in [-0.15, -0.1) is 0 Å². The highest BCUT2D eigenvalue weighted by Gasteiger charge is 2.32. The summed E-state index contributed by atoms with van der Waals surface area (Å²) in [5.41, 5.74) is 0.766. The molecule has 0 bridgehead atoms. The van der Waals surface area contributed by atoms with Gasteiger partial charge >= 0.3 is 0 Å². The van der Waals surface area contributed by atoms with Crippen LogP contribution in [0.1, 0.15) is 10.4 Å². The summed E-state index contributed by atoms with van der Waals surface area (Å²) in [6, 6.07) is 11.3. The number of hydrogen-bond donors (Lipinski definition) is 0. The van der Waals surface area contributed by atoms with Crippen LogP contribution in [0.2, 0.25) is 0 Å². The van der Waals surface area contributed by atoms with E-state index in [1.165, 1.54) is 42.4 Å². The molecule has 1 aliphatic heterocycles. The van der Waals surface area contributed by atoms with Crippen molar-refractivity contribution < 1.29 is 22.3 Å². The molecule has 1 heterocycles. The van der Waals surface area contributed by atoms with Crippen molar-refractivity contribution in [3.05, 3.63) is 71.4 Å². The number of ether oxygens (including phenoxy) is 1. The molecule has 1 unspecified atom stereocenters. The van der Waals surface area contributed by atoms with Crippen LogP contribution in [-0.2, 0) is 9.84 Å². The lowest BCUT2D eigenvalue weighted by Gasteiger charge is -2.28. The zero-order chi connectivity index (χ0) is 18.0. The molecule has 1 amide bonds. The molecular weight excluding hydrogens is 345 g/mol. The van der Waals surface area contributed by atoms with Gasteiger partial charge in [0, 0.05) is 16.7 Å². The van der Waals surface area contributed by atoms with Crippen molar-refractivity contribution in [1.82, 2.24) is 0 Å². The van der Waals surface area contributed by atoms with E-state index in [9.17, 15) is 17.6 Å². The fraction of sp³-hybridized carbons (Fsp3) is 0.167. The zero-order valence-electron chi connectivity index (χ0n) is 13.4. The Bertz CT molecular complexity index is 922. The van der Waals surface area contributed by atoms with Gasteiger partial charge in [0.05, 0.1) is 18.9 Å². The molecule has 0 fully saturated rings. The molecule has 2 aromatic carbocycles. The van der Waals surface area contributed by atoms with Crippen molar-refractivity contribution in [2.45, 2.75) is 6.04 Å². The quantitative estimate of drug-likeness (QED) is 0.840. The maximum Gasteiger partial charge on any atom is 0.258 e. The highest BCUT2D eigenvalue weighted by Crippen LogP contribution is 2.26. The Kier molecular flexibility index (Phi) is 4.59. The molecule has 0 spiro atoms. The zero-order valence-corrected chi connectivity index (χ0v) is 14.2. The smallest absolute Gasteiger partial charge is 0.258 e. The molecule has 7 heteroatoms. The van der Waals surface area contributed by atoms with Gasteiger partial charge in [-0.05, 0) is 48.5 Å². The molecule has 1 atom stereocenters. The van der Waals surface area contributed by atoms with Crippen LogP contribution in [0.5, 0.6) is 5.75 Å². The number of carbonyl (C=O) groups is 1. The molecule has 25 heavy (non-hydrogen) atoms. The Morgan fingerprint density at radius 2 is 1.92 bits per heavy atom. The number of nitrogens with zero attached hydrogens (tertiary/aromatic N) is 1. The van der Waals surface area contributed by atoms with Gasteiger partial charge in [-0.2, -0.15) is 0 Å². The molecule has 5 nitrogen and oxygen atoms in total. The van der Waals surface area contributed by atoms with E-state index in [1.807, 2.05) is 0 Å². The summed E-state index contributed by atoms with van der Waals surface area (Å²) in [6.07, 6.45) is 1.47. The van der Waals surface area contributed by atoms with Crippen molar-refractivity contribution in [2.24, 2.45) is 0 Å². The number of methoxy groups -OCH3 is 1. The van der Waals surface area contributed by atoms with E-state index >= 15 is 0 Å². The third-order valence-electron chi connectivity index (χ3n) is 3.88. The van der Waals surface area contributed by atoms with E-state index in [0.717, 1.165) is 5.41 Å². The van der Waals surface area contributed by atoms with Crippen LogP contribution >= 0.6 is 0 Å². The second-order valence-corrected chi connectivity index (χ2v) is 7.54. The van der Waals surface area contributed by atoms with E-state index < -0.39 is 27.6 Å². The topological polar surface area (TPSA) is 63.7 Å². The first-order valence-electron chi connectivity index (χ1n) is 7.54. The second kappa shape index (κ2) is 6.68. The molecule has 0 saturated heterocycles. The Morgan fingerprint density at radius 3 is 2.52 bits per heavy atom. The number of anilines is 1. The average molecular weight is 361 g/mol. The van der Waals surface area contributed by atoms with Crippen LogP contribution in [0.15, 0.2) is 60.0 Å². The third-order valence-corrected chi connectivity index (χ3v) is 5.26. The van der Waals surface area contributed by atoms with E-state index in [1.54, 1.807) is 24.3 Å². The molecule has 0 radical (unpaired) electrons. The van der Waals surface area contributed by atoms with Crippen LogP contribution < -0.4 is 9.64 Å². The van der Waals surface area contributed by atoms with E-state index in [0.29, 0.717) is 17.0 Å². The Balaban J connectivity index is 2.02. The normalized spacial score (nSPS) is 18.1. The highest BCUT2D eigenvalue weighted by molar-refractivity contribution is 7.94. The van der Waals surface area contributed by atoms with Gasteiger partial charge in [0.2, 0.25) is 0 Å². The van der Waals surface area contributed by atoms with Gasteiger partial charge in [-0.1, -0.05) is 6.07 Å². The monoisotopic (exact) mass is 361 g/mol. The second-order valence-electron chi connectivity index (χ2n) is 5.61. The first-order valence-corrected chi connectivity index (χ1v) is 9.25. The van der Waals surface area contributed by atoms with Gasteiger partial charge in [-0.25, -0.2) is 12.8 Å². The van der Waals surface area contributed by atoms with Gasteiger partial charge in [-0.3, -0.25) is 4.79 Å². The molecule has 2 aromatic rings. The minimum atomic E-state index is -3.36. The van der Waals surface area contributed by atoms with Crippen molar-refractivity contribution in [2.75, 3.05) is 17.8 Å². The van der Waals surface area contributed by atoms with Crippen LogP contribution in [0, 0.1) is 5.82 Å². The summed E-state index contributed by atoms with van der Waals surface area (Å²) in [6.45, 7) is 0. The number of benzene rings is 2. The SMILES string of the molecule is COc1cccc(C(=O)N(c2ccc(F)cc2)C2C=CS(=O)(=O)C2)c1. The van der Waals surface area contributed by atoms with Crippen LogP contribution in [-0.4, -0.2) is 33.2 Å². The van der Waals surface area contributed by atoms with Crippen molar-refractivity contribution in [3.63, 3.8) is 0 Å². The van der Waals surface area contributed by atoms with Crippen LogP contribution in [0.25, 0.3) is 0 Å². The van der Waals surface area contributed by atoms with Gasteiger partial charge in [0.25, 0.3) is 5.91 Å². The highest BCUT2D eigenvalue weighted by atomic mass is 32.2. The first kappa shape index (κ1) is 17.2. The fourth-order valence-corrected chi connectivity index (χ4v) is 3.94. The summed E-state index contributed by atoms with van der Waals surface area (Å²) in [5, 5.41) is 1.10. The standard InChI is InChI=1S/C18H16FNO4S/c1-24-17-4-2-3-13(11-17)18(21)20(15-7-5-14(19)6-8-15)16-9-10-25(22,23)12-16/h2-11,16H,12H2,1H3. The number of rotatable bonds is 4. The summed E-state index contributed by atoms with van der Waals surface area (Å²) >= 11 is 0. The Hall–Kier alpha value is -2.67. The molecule has 3 rings (SSSR count). The van der Waals surface area contributed by atoms with Crippen LogP contribution in [0.3, 0.4) is 0 Å². The van der Waals surface area contributed by atoms with Gasteiger partial charge < -0.3 is 9.64 Å². The van der Waals surface area contributed by atoms with Gasteiger partial charge in [0.1, 0.15) is 11.6 Å². The largest absolute Gasteiger partial charge is 0.497 e. The van der Waals surface area contributed by atoms with E-state index in [-0.39, 0.29) is 5.75 Å². The first-order chi connectivity index (χ1) is 11.9. The maximum atomic E-state index is 13.2. The molecule has 0 aromatic heterocycles. The Labute approximate surface area is 145 Å². The van der Waals surface area contributed by atoms with Crippen LogP contribution in [0.4, 0.5) is 10.1 Å². The molecule has 0 N–H and O–H groups in total. The lowest BCUT2D eigenvalue weighted by molar-refractivity contribution is 0.0982. The molecule has 0 aliphatic carbocycles. The van der Waals surface area contributed by atoms with Crippen molar-refractivity contribution in [1.29, 1.82) is 0 Å². The van der Waals surface area contributed by atoms with Gasteiger partial charge in [0.15, 0.2) is 9.84 Å². The van der Waals surface area contributed by atoms with E-state index in [4.69, 9.17) is 4.74 Å².